The maximum absolute atomic E-state index is 6.07. The monoisotopic (exact) mass is 367 g/mol. The summed E-state index contributed by atoms with van der Waals surface area (Å²) in [5, 5.41) is 0. The second kappa shape index (κ2) is 6.74. The predicted octanol–water partition coefficient (Wildman–Crippen LogP) is 2.63. The molecule has 0 saturated heterocycles. The molecule has 0 bridgehead atoms. The summed E-state index contributed by atoms with van der Waals surface area (Å²) in [5.41, 5.74) is 14.2. The van der Waals surface area contributed by atoms with Gasteiger partial charge in [0.25, 0.3) is 0 Å². The molecule has 4 N–H and O–H groups in total. The number of hydrogen-bond donors (Lipinski definition) is 2. The predicted molar refractivity (Wildman–Crippen MR) is 89.7 cm³/mol. The number of methoxy groups -OCH3 is 3. The lowest BCUT2D eigenvalue weighted by Crippen LogP contribution is -2.03. The number of anilines is 2. The molecule has 0 atom stereocenters. The zero-order valence-corrected chi connectivity index (χ0v) is 14.2. The van der Waals surface area contributed by atoms with E-state index in [1.807, 2.05) is 12.1 Å². The number of aromatic nitrogens is 1. The molecular weight excluding hydrogens is 350 g/mol. The Morgan fingerprint density at radius 3 is 2.14 bits per heavy atom. The number of nitrogens with zero attached hydrogens (tertiary/aromatic N) is 1. The van der Waals surface area contributed by atoms with Crippen LogP contribution in [0.5, 0.6) is 17.2 Å². The van der Waals surface area contributed by atoms with E-state index >= 15 is 0 Å². The van der Waals surface area contributed by atoms with Crippen LogP contribution in [0.1, 0.15) is 11.1 Å². The molecule has 0 aliphatic rings. The third-order valence-electron chi connectivity index (χ3n) is 3.29. The molecule has 1 aromatic heterocycles. The van der Waals surface area contributed by atoms with Crippen LogP contribution in [0.4, 0.5) is 11.5 Å². The molecule has 0 radical (unpaired) electrons. The van der Waals surface area contributed by atoms with Gasteiger partial charge >= 0.3 is 0 Å². The zero-order chi connectivity index (χ0) is 16.3. The van der Waals surface area contributed by atoms with Gasteiger partial charge in [-0.3, -0.25) is 0 Å². The van der Waals surface area contributed by atoms with Gasteiger partial charge in [-0.2, -0.15) is 0 Å². The third-order valence-corrected chi connectivity index (χ3v) is 4.12. The molecule has 1 heterocycles. The zero-order valence-electron chi connectivity index (χ0n) is 12.6. The topological polar surface area (TPSA) is 92.6 Å². The van der Waals surface area contributed by atoms with Gasteiger partial charge in [0.15, 0.2) is 11.5 Å². The van der Waals surface area contributed by atoms with Gasteiger partial charge in [0.05, 0.1) is 31.5 Å². The maximum atomic E-state index is 6.07. The molecule has 0 aliphatic carbocycles. The molecule has 1 aromatic carbocycles. The number of halogens is 1. The van der Waals surface area contributed by atoms with Gasteiger partial charge in [-0.1, -0.05) is 0 Å². The number of pyridine rings is 1. The van der Waals surface area contributed by atoms with Crippen molar-refractivity contribution in [1.82, 2.24) is 4.98 Å². The lowest BCUT2D eigenvalue weighted by atomic mass is 10.0. The normalized spacial score (nSPS) is 10.4. The first kappa shape index (κ1) is 16.2. The first-order chi connectivity index (χ1) is 10.5. The van der Waals surface area contributed by atoms with Crippen molar-refractivity contribution in [3.63, 3.8) is 0 Å². The lowest BCUT2D eigenvalue weighted by molar-refractivity contribution is 0.324. The van der Waals surface area contributed by atoms with Gasteiger partial charge in [-0.05, 0) is 39.2 Å². The quantitative estimate of drug-likeness (QED) is 0.843. The fraction of sp³-hybridized carbons (Fsp3) is 0.267. The Morgan fingerprint density at radius 2 is 1.64 bits per heavy atom. The second-order valence-electron chi connectivity index (χ2n) is 4.61. The highest BCUT2D eigenvalue weighted by Crippen LogP contribution is 2.39. The fourth-order valence-electron chi connectivity index (χ4n) is 2.15. The average molecular weight is 368 g/mol. The number of ether oxygens (including phenoxy) is 3. The molecule has 118 valence electrons. The van der Waals surface area contributed by atoms with Crippen molar-refractivity contribution >= 4 is 27.4 Å². The standard InChI is InChI=1S/C15H18BrN3O3/c1-20-10-5-8(6-11(21-2)14(10)22-3)4-9-7-19-15(18)12(16)13(9)17/h5-7H,4H2,1-3H3,(H4,17,18,19). The van der Waals surface area contributed by atoms with E-state index in [0.717, 1.165) is 11.1 Å². The highest BCUT2D eigenvalue weighted by atomic mass is 79.9. The van der Waals surface area contributed by atoms with Crippen LogP contribution in [0, 0.1) is 0 Å². The largest absolute Gasteiger partial charge is 0.493 e. The minimum absolute atomic E-state index is 0.367. The Kier molecular flexibility index (Phi) is 4.97. The molecule has 0 saturated carbocycles. The van der Waals surface area contributed by atoms with Gasteiger partial charge in [-0.15, -0.1) is 0 Å². The van der Waals surface area contributed by atoms with Crippen LogP contribution in [0.2, 0.25) is 0 Å². The van der Waals surface area contributed by atoms with Crippen molar-refractivity contribution < 1.29 is 14.2 Å². The molecule has 0 fully saturated rings. The summed E-state index contributed by atoms with van der Waals surface area (Å²) >= 11 is 3.34. The highest BCUT2D eigenvalue weighted by Gasteiger charge is 2.15. The minimum Gasteiger partial charge on any atom is -0.493 e. The number of nitrogen functional groups attached to an aromatic ring is 2. The minimum atomic E-state index is 0.367. The lowest BCUT2D eigenvalue weighted by Gasteiger charge is -2.15. The Hall–Kier alpha value is -2.15. The highest BCUT2D eigenvalue weighted by molar-refractivity contribution is 9.10. The van der Waals surface area contributed by atoms with Crippen LogP contribution in [-0.2, 0) is 6.42 Å². The van der Waals surface area contributed by atoms with Gasteiger partial charge < -0.3 is 25.7 Å². The van der Waals surface area contributed by atoms with Gasteiger partial charge in [0, 0.05) is 12.6 Å². The van der Waals surface area contributed by atoms with E-state index in [9.17, 15) is 0 Å². The smallest absolute Gasteiger partial charge is 0.203 e. The van der Waals surface area contributed by atoms with Crippen LogP contribution >= 0.6 is 15.9 Å². The van der Waals surface area contributed by atoms with Crippen molar-refractivity contribution in [3.05, 3.63) is 33.9 Å². The Morgan fingerprint density at radius 1 is 1.05 bits per heavy atom. The van der Waals surface area contributed by atoms with Crippen molar-refractivity contribution in [2.24, 2.45) is 0 Å². The van der Waals surface area contributed by atoms with Crippen LogP contribution in [0.3, 0.4) is 0 Å². The van der Waals surface area contributed by atoms with Crippen molar-refractivity contribution in [3.8, 4) is 17.2 Å². The molecular formula is C15H18BrN3O3. The van der Waals surface area contributed by atoms with Gasteiger partial charge in [-0.25, -0.2) is 4.98 Å². The summed E-state index contributed by atoms with van der Waals surface area (Å²) in [6, 6.07) is 3.76. The average Bonchev–Trinajstić information content (AvgIpc) is 2.54. The molecule has 22 heavy (non-hydrogen) atoms. The van der Waals surface area contributed by atoms with Crippen LogP contribution in [0.25, 0.3) is 0 Å². The number of hydrogen-bond acceptors (Lipinski definition) is 6. The van der Waals surface area contributed by atoms with E-state index < -0.39 is 0 Å². The maximum Gasteiger partial charge on any atom is 0.203 e. The third kappa shape index (κ3) is 3.04. The Balaban J connectivity index is 2.44. The van der Waals surface area contributed by atoms with E-state index in [1.165, 1.54) is 0 Å². The van der Waals surface area contributed by atoms with E-state index in [1.54, 1.807) is 27.5 Å². The molecule has 0 spiro atoms. The number of nitrogens with two attached hydrogens (primary N) is 2. The Bertz CT molecular complexity index is 667. The summed E-state index contributed by atoms with van der Waals surface area (Å²) in [7, 11) is 4.73. The van der Waals surface area contributed by atoms with E-state index in [4.69, 9.17) is 25.7 Å². The molecule has 0 unspecified atom stereocenters. The summed E-state index contributed by atoms with van der Waals surface area (Å²) in [6.07, 6.45) is 2.23. The van der Waals surface area contributed by atoms with Crippen LogP contribution in [0.15, 0.2) is 22.8 Å². The van der Waals surface area contributed by atoms with Crippen molar-refractivity contribution in [2.45, 2.75) is 6.42 Å². The summed E-state index contributed by atoms with van der Waals surface area (Å²) < 4.78 is 16.6. The number of benzene rings is 1. The molecule has 7 heteroatoms. The molecule has 2 rings (SSSR count). The fourth-order valence-corrected chi connectivity index (χ4v) is 2.51. The Labute approximate surface area is 137 Å². The molecule has 6 nitrogen and oxygen atoms in total. The molecule has 2 aromatic rings. The van der Waals surface area contributed by atoms with Crippen LogP contribution < -0.4 is 25.7 Å². The second-order valence-corrected chi connectivity index (χ2v) is 5.40. The first-order valence-corrected chi connectivity index (χ1v) is 7.28. The summed E-state index contributed by atoms with van der Waals surface area (Å²) in [6.45, 7) is 0. The van der Waals surface area contributed by atoms with E-state index in [0.29, 0.717) is 39.6 Å². The van der Waals surface area contributed by atoms with Crippen molar-refractivity contribution in [2.75, 3.05) is 32.8 Å². The number of rotatable bonds is 5. The van der Waals surface area contributed by atoms with E-state index in [-0.39, 0.29) is 0 Å². The first-order valence-electron chi connectivity index (χ1n) is 6.49. The summed E-state index contributed by atoms with van der Waals surface area (Å²) in [5.74, 6) is 2.11. The SMILES string of the molecule is COc1cc(Cc2cnc(N)c(Br)c2N)cc(OC)c1OC. The van der Waals surface area contributed by atoms with Gasteiger partial charge in [0.2, 0.25) is 5.75 Å². The summed E-state index contributed by atoms with van der Waals surface area (Å²) in [4.78, 5) is 4.12. The molecule has 0 aliphatic heterocycles. The van der Waals surface area contributed by atoms with Crippen LogP contribution in [-0.4, -0.2) is 26.3 Å². The van der Waals surface area contributed by atoms with E-state index in [2.05, 4.69) is 20.9 Å². The molecule has 0 amide bonds. The van der Waals surface area contributed by atoms with Crippen molar-refractivity contribution in [1.29, 1.82) is 0 Å². The van der Waals surface area contributed by atoms with Gasteiger partial charge in [0.1, 0.15) is 5.82 Å².